The number of hydrogen-bond donors (Lipinski definition) is 12. The fraction of sp³-hybridized carbons (Fsp3) is 0.125. The molecule has 12 N–H and O–H groups in total. The number of nitrogens with one attached hydrogen (secondary N) is 8. The van der Waals surface area contributed by atoms with Crippen molar-refractivity contribution in [2.75, 3.05) is 21.3 Å². The number of aromatic amines is 2. The van der Waals surface area contributed by atoms with E-state index in [9.17, 15) is 51.9 Å². The Labute approximate surface area is 317 Å². The molecule has 8 bridgehead atoms. The molecule has 2 aromatic heterocycles. The summed E-state index contributed by atoms with van der Waals surface area (Å²) in [6.45, 7) is 0. The Bertz CT molecular complexity index is 3120. The van der Waals surface area contributed by atoms with E-state index < -0.39 is 79.3 Å². The summed E-state index contributed by atoms with van der Waals surface area (Å²) in [4.78, 5) is 4.76. The van der Waals surface area contributed by atoms with Crippen molar-refractivity contribution < 1.29 is 51.9 Å². The van der Waals surface area contributed by atoms with E-state index in [1.807, 2.05) is 0 Å². The van der Waals surface area contributed by atoms with Gasteiger partial charge in [0.1, 0.15) is 47.2 Å². The summed E-state index contributed by atoms with van der Waals surface area (Å²) < 4.78 is 138. The predicted molar refractivity (Wildman–Crippen MR) is 203 cm³/mol. The first-order valence-electron chi connectivity index (χ1n) is 16.3. The predicted octanol–water partition coefficient (Wildman–Crippen LogP) is 2.70. The number of fused-ring (bicyclic) bond motifs is 18. The van der Waals surface area contributed by atoms with Gasteiger partial charge < -0.3 is 41.9 Å². The number of anilines is 4. The van der Waals surface area contributed by atoms with E-state index in [1.165, 1.54) is 72.9 Å². The van der Waals surface area contributed by atoms with Crippen molar-refractivity contribution in [1.82, 2.24) is 20.6 Å². The standard InChI is InChI=1S/C32H28N8O12S4/c41-53(42,43)13-1-5-17-21(9-13)29-33-25(17)37-30-22-10-14(54(44,45)46)2-6-18(22)27(34-30)39-32-24-12-16(56(50,51)52)4-8-20(24)28(36-32)40-31-23-11-15(55(47,48)49)3-7-19(23)26(35-31)38-29/h1-12,17,24-25,32-40H,(H,41,42,43)(H,44,45,46)(H,47,48,49)(H,50,51,52). The molecule has 0 saturated heterocycles. The third kappa shape index (κ3) is 6.02. The Balaban J connectivity index is 1.27. The monoisotopic (exact) mass is 844 g/mol. The zero-order valence-electron chi connectivity index (χ0n) is 27.9. The molecule has 5 heterocycles. The lowest BCUT2D eigenvalue weighted by Gasteiger charge is -2.24. The number of hydrogen-bond acceptors (Lipinski definition) is 14. The van der Waals surface area contributed by atoms with Gasteiger partial charge in [-0.05, 0) is 54.6 Å². The molecule has 292 valence electrons. The van der Waals surface area contributed by atoms with Gasteiger partial charge in [-0.1, -0.05) is 18.2 Å². The third-order valence-electron chi connectivity index (χ3n) is 10.0. The van der Waals surface area contributed by atoms with Crippen LogP contribution >= 0.6 is 0 Å². The molecule has 56 heavy (non-hydrogen) atoms. The minimum Gasteiger partial charge on any atom is -0.351 e. The van der Waals surface area contributed by atoms with Crippen molar-refractivity contribution >= 4 is 85.3 Å². The van der Waals surface area contributed by atoms with E-state index in [0.29, 0.717) is 38.9 Å². The molecule has 0 amide bonds. The van der Waals surface area contributed by atoms with Gasteiger partial charge in [0.25, 0.3) is 40.5 Å². The van der Waals surface area contributed by atoms with E-state index in [1.54, 1.807) is 0 Å². The van der Waals surface area contributed by atoms with Crippen LogP contribution in [0.5, 0.6) is 0 Å². The maximum atomic E-state index is 12.2. The Morgan fingerprint density at radius 3 is 1.57 bits per heavy atom. The molecule has 0 spiro atoms. The van der Waals surface area contributed by atoms with Crippen molar-refractivity contribution in [3.05, 3.63) is 105 Å². The molecule has 4 unspecified atom stereocenters. The largest absolute Gasteiger partial charge is 0.351 e. The van der Waals surface area contributed by atoms with Crippen LogP contribution in [-0.4, -0.2) is 74.2 Å². The molecule has 0 radical (unpaired) electrons. The molecular formula is C32H28N8O12S4. The second-order valence-corrected chi connectivity index (χ2v) is 19.1. The molecule has 0 saturated carbocycles. The van der Waals surface area contributed by atoms with Crippen molar-refractivity contribution in [1.29, 1.82) is 0 Å². The summed E-state index contributed by atoms with van der Waals surface area (Å²) in [6.07, 6.45) is 6.37. The van der Waals surface area contributed by atoms with Gasteiger partial charge in [-0.15, -0.1) is 0 Å². The zero-order valence-corrected chi connectivity index (χ0v) is 31.2. The highest BCUT2D eigenvalue weighted by Gasteiger charge is 2.39. The first kappa shape index (κ1) is 36.1. The molecule has 4 atom stereocenters. The highest BCUT2D eigenvalue weighted by molar-refractivity contribution is 7.90. The first-order chi connectivity index (χ1) is 26.2. The number of aromatic nitrogens is 2. The Hall–Kier alpha value is -5.60. The van der Waals surface area contributed by atoms with Crippen molar-refractivity contribution in [2.45, 2.75) is 22.1 Å². The number of benzene rings is 2. The Morgan fingerprint density at radius 1 is 0.482 bits per heavy atom. The van der Waals surface area contributed by atoms with Gasteiger partial charge in [-0.3, -0.25) is 18.2 Å². The summed E-state index contributed by atoms with van der Waals surface area (Å²) in [6, 6.07) is 7.71. The summed E-state index contributed by atoms with van der Waals surface area (Å²) in [7, 11) is -18.6. The fourth-order valence-corrected chi connectivity index (χ4v) is 9.54. The molecule has 2 aliphatic carbocycles. The molecular weight excluding hydrogens is 817 g/mol. The van der Waals surface area contributed by atoms with Crippen LogP contribution in [0, 0.1) is 11.8 Å². The lowest BCUT2D eigenvalue weighted by atomic mass is 9.94. The molecule has 4 aromatic rings. The molecule has 20 nitrogen and oxygen atoms in total. The fourth-order valence-electron chi connectivity index (χ4n) is 7.44. The van der Waals surface area contributed by atoms with Crippen molar-refractivity contribution in [2.24, 2.45) is 11.8 Å². The van der Waals surface area contributed by atoms with Crippen LogP contribution < -0.4 is 31.9 Å². The molecule has 0 fully saturated rings. The van der Waals surface area contributed by atoms with E-state index >= 15 is 0 Å². The second-order valence-electron chi connectivity index (χ2n) is 13.4. The SMILES string of the molecule is O=S(=O)(O)C1=CC2=C3Nc4[nH]c(c5cc(S(=O)(=O)O)ccc45)NC4=C5C=CC(S(=O)(=O)O)=CC5C(N4)Nc4[nH]c(c5cc(S(=O)(=O)O)ccc45)NC(N3)C2C=C1. The average Bonchev–Trinajstić information content (AvgIpc) is 3.84. The Kier molecular flexibility index (Phi) is 7.70. The van der Waals surface area contributed by atoms with Crippen LogP contribution in [0.4, 0.5) is 23.3 Å². The van der Waals surface area contributed by atoms with E-state index in [-0.39, 0.29) is 33.6 Å². The van der Waals surface area contributed by atoms with Gasteiger partial charge in [-0.25, -0.2) is 0 Å². The molecule has 24 heteroatoms. The summed E-state index contributed by atoms with van der Waals surface area (Å²) >= 11 is 0. The second kappa shape index (κ2) is 12.0. The molecule has 5 aliphatic rings. The van der Waals surface area contributed by atoms with Gasteiger partial charge >= 0.3 is 0 Å². The van der Waals surface area contributed by atoms with Crippen LogP contribution in [0.25, 0.3) is 21.5 Å². The normalized spacial score (nSPS) is 23.3. The van der Waals surface area contributed by atoms with Crippen LogP contribution in [0.2, 0.25) is 0 Å². The van der Waals surface area contributed by atoms with E-state index in [0.717, 1.165) is 0 Å². The number of allylic oxidation sites excluding steroid dienone is 4. The molecule has 3 aliphatic heterocycles. The lowest BCUT2D eigenvalue weighted by Crippen LogP contribution is -2.38. The highest BCUT2D eigenvalue weighted by Crippen LogP contribution is 2.42. The van der Waals surface area contributed by atoms with Crippen LogP contribution in [0.1, 0.15) is 0 Å². The topological polar surface area (TPSA) is 321 Å². The van der Waals surface area contributed by atoms with Crippen molar-refractivity contribution in [3.63, 3.8) is 0 Å². The quantitative estimate of drug-likeness (QED) is 0.131. The molecule has 9 rings (SSSR count). The van der Waals surface area contributed by atoms with Crippen LogP contribution in [0.3, 0.4) is 0 Å². The maximum Gasteiger partial charge on any atom is 0.294 e. The number of H-pyrrole nitrogens is 2. The highest BCUT2D eigenvalue weighted by atomic mass is 32.2. The van der Waals surface area contributed by atoms with Gasteiger partial charge in [0.2, 0.25) is 0 Å². The summed E-state index contributed by atoms with van der Waals surface area (Å²) in [5, 5.41) is 20.9. The van der Waals surface area contributed by atoms with Gasteiger partial charge in [0.05, 0.1) is 19.6 Å². The lowest BCUT2D eigenvalue weighted by molar-refractivity contribution is 0.481. The maximum absolute atomic E-state index is 12.2. The number of rotatable bonds is 4. The van der Waals surface area contributed by atoms with Crippen LogP contribution in [-0.2, 0) is 40.5 Å². The van der Waals surface area contributed by atoms with Crippen LogP contribution in [0.15, 0.2) is 115 Å². The van der Waals surface area contributed by atoms with Gasteiger partial charge in [-0.2, -0.15) is 33.7 Å². The molecule has 2 aromatic carbocycles. The minimum absolute atomic E-state index is 0.199. The van der Waals surface area contributed by atoms with Crippen molar-refractivity contribution in [3.8, 4) is 0 Å². The zero-order chi connectivity index (χ0) is 39.7. The summed E-state index contributed by atoms with van der Waals surface area (Å²) in [5.74, 6) is 0.126. The third-order valence-corrected chi connectivity index (χ3v) is 13.4. The first-order valence-corrected chi connectivity index (χ1v) is 22.1. The van der Waals surface area contributed by atoms with Gasteiger partial charge in [0.15, 0.2) is 0 Å². The Morgan fingerprint density at radius 2 is 0.982 bits per heavy atom. The van der Waals surface area contributed by atoms with E-state index in [4.69, 9.17) is 0 Å². The average molecular weight is 845 g/mol. The van der Waals surface area contributed by atoms with E-state index in [2.05, 4.69) is 41.9 Å². The summed E-state index contributed by atoms with van der Waals surface area (Å²) in [5.41, 5.74) is 0.861. The minimum atomic E-state index is -4.67. The smallest absolute Gasteiger partial charge is 0.294 e. The van der Waals surface area contributed by atoms with Gasteiger partial charge in [0, 0.05) is 44.5 Å².